The Morgan fingerprint density at radius 1 is 0.524 bits per heavy atom. The number of urea groups is 2. The molecule has 0 aliphatic carbocycles. The quantitative estimate of drug-likeness (QED) is 0.0386. The molecule has 0 aliphatic rings. The number of nitrogens with zero attached hydrogens (tertiary/aromatic N) is 6. The van der Waals surface area contributed by atoms with Crippen molar-refractivity contribution in [3.8, 4) is 23.0 Å². The first-order chi connectivity index (χ1) is 38.8. The third kappa shape index (κ3) is 15.0. The Hall–Kier alpha value is -8.69. The molecule has 0 fully saturated rings. The number of benzene rings is 5. The van der Waals surface area contributed by atoms with E-state index in [0.29, 0.717) is 49.9 Å². The Kier molecular flexibility index (Phi) is 19.2. The molecule has 4 amide bonds. The highest BCUT2D eigenvalue weighted by Crippen LogP contribution is 2.43. The summed E-state index contributed by atoms with van der Waals surface area (Å²) in [5.74, 6) is 1.30. The van der Waals surface area contributed by atoms with Crippen LogP contribution in [-0.2, 0) is 10.8 Å². The summed E-state index contributed by atoms with van der Waals surface area (Å²) in [5.41, 5.74) is 4.46. The minimum atomic E-state index is -4.55. The van der Waals surface area contributed by atoms with Crippen molar-refractivity contribution in [3.63, 3.8) is 0 Å². The van der Waals surface area contributed by atoms with Gasteiger partial charge in [-0.15, -0.1) is 0 Å². The maximum Gasteiger partial charge on any atom is 0.401 e. The maximum absolute atomic E-state index is 13.2. The van der Waals surface area contributed by atoms with Crippen molar-refractivity contribution in [2.75, 3.05) is 55.4 Å². The lowest BCUT2D eigenvalue weighted by molar-refractivity contribution is -0.186. The zero-order valence-corrected chi connectivity index (χ0v) is 46.9. The van der Waals surface area contributed by atoms with E-state index >= 15 is 0 Å². The number of anilines is 5. The highest BCUT2D eigenvalue weighted by molar-refractivity contribution is 7.99. The second-order valence-electron chi connectivity index (χ2n) is 18.2. The normalized spacial score (nSPS) is 11.6. The predicted molar refractivity (Wildman–Crippen MR) is 299 cm³/mol. The van der Waals surface area contributed by atoms with E-state index in [0.717, 1.165) is 76.6 Å². The number of rotatable bonds is 14. The first-order valence-electron chi connectivity index (χ1n) is 23.9. The molecule has 28 heteroatoms. The monoisotopic (exact) mass is 1190 g/mol. The van der Waals surface area contributed by atoms with Crippen molar-refractivity contribution in [1.82, 2.24) is 30.2 Å². The lowest BCUT2D eigenvalue weighted by Crippen LogP contribution is -2.35. The Morgan fingerprint density at radius 3 is 1.37 bits per heavy atom. The number of carbonyl (C=O) groups excluding carboxylic acids is 2. The summed E-state index contributed by atoms with van der Waals surface area (Å²) in [6, 6.07) is 29.0. The van der Waals surface area contributed by atoms with E-state index in [1.807, 2.05) is 42.5 Å². The molecule has 5 aromatic carbocycles. The van der Waals surface area contributed by atoms with E-state index in [2.05, 4.69) is 51.5 Å². The summed E-state index contributed by atoms with van der Waals surface area (Å²) < 4.78 is 109. The highest BCUT2D eigenvalue weighted by atomic mass is 35.5. The lowest BCUT2D eigenvalue weighted by atomic mass is 9.89. The van der Waals surface area contributed by atoms with Crippen molar-refractivity contribution in [1.29, 1.82) is 0 Å². The molecule has 0 atom stereocenters. The number of hydrogen-bond acceptors (Lipinski definition) is 17. The Bertz CT molecular complexity index is 3700. The second kappa shape index (κ2) is 25.8. The lowest BCUT2D eigenvalue weighted by Gasteiger charge is -2.24. The molecule has 430 valence electrons. The number of aromatic nitrogens is 6. The number of carbonyl (C=O) groups is 2. The minimum absolute atomic E-state index is 0.121. The first-order valence-corrected chi connectivity index (χ1v) is 25.9. The minimum Gasteiger partial charge on any atom is -0.493 e. The van der Waals surface area contributed by atoms with Crippen LogP contribution in [0.2, 0.25) is 5.02 Å². The predicted octanol–water partition coefficient (Wildman–Crippen LogP) is 14.5. The van der Waals surface area contributed by atoms with Crippen LogP contribution in [0.1, 0.15) is 39.2 Å². The van der Waals surface area contributed by atoms with Gasteiger partial charge in [-0.05, 0) is 100 Å². The van der Waals surface area contributed by atoms with E-state index in [1.165, 1.54) is 37.0 Å². The summed E-state index contributed by atoms with van der Waals surface area (Å²) in [7, 11) is 6.29. The molecule has 0 bridgehead atoms. The zero-order chi connectivity index (χ0) is 59.6. The third-order valence-corrected chi connectivity index (χ3v) is 14.1. The smallest absolute Gasteiger partial charge is 0.401 e. The van der Waals surface area contributed by atoms with Crippen molar-refractivity contribution >= 4 is 97.7 Å². The number of ether oxygens (including phenoxy) is 4. The van der Waals surface area contributed by atoms with Crippen LogP contribution in [0, 0.1) is 0 Å². The van der Waals surface area contributed by atoms with Crippen LogP contribution < -0.4 is 45.9 Å². The van der Waals surface area contributed by atoms with Crippen molar-refractivity contribution < 1.29 is 63.9 Å². The van der Waals surface area contributed by atoms with Gasteiger partial charge in [0.1, 0.15) is 33.5 Å². The molecule has 0 unspecified atom stereocenters. The molecular weight excluding hydrogens is 1140 g/mol. The van der Waals surface area contributed by atoms with Gasteiger partial charge in [-0.3, -0.25) is 10.6 Å². The Labute approximate surface area is 477 Å². The molecule has 9 aromatic rings. The number of alkyl halides is 6. The largest absolute Gasteiger partial charge is 0.493 e. The SMILES string of the molecule is CC(C)(c1cc(NC(=O)Nc2ccc(Cl)cc2)no1)C(F)(F)F.COc1cc2ncnc(Sc3cccc(N)c3)c2cc1OC.COc1cc2ncnc(Sc3cccc(NC(=O)Nc4cc(C(C)(C)C(F)(F)F)on4)c3)c2cc1OC. The average Bonchev–Trinajstić information content (AvgIpc) is 4.04. The van der Waals surface area contributed by atoms with Crippen LogP contribution in [0.3, 0.4) is 0 Å². The van der Waals surface area contributed by atoms with E-state index in [-0.39, 0.29) is 11.6 Å². The maximum atomic E-state index is 13.2. The van der Waals surface area contributed by atoms with Gasteiger partial charge >= 0.3 is 24.4 Å². The van der Waals surface area contributed by atoms with Gasteiger partial charge in [-0.1, -0.05) is 57.6 Å². The molecular formula is C54H50ClF6N11O8S2. The fraction of sp³-hybridized carbons (Fsp3) is 0.222. The number of hydrogen-bond donors (Lipinski definition) is 5. The standard InChI is InChI=1S/C24H22F3N5O4S.C16H15N3O2S.C14H13ClF3N3O2/c1-23(2,24(25,26)27)19-11-20(32-36-19)31-22(33)30-13-6-5-7-14(8-13)37-21-15-9-17(34-3)18(35-4)10-16(15)28-12-29-21;1-20-14-7-12-13(8-15(14)21-2)18-9-19-16(12)22-11-5-3-4-10(17)6-11;1-13(2,14(16,17)18)10-7-11(21-23-10)20-12(22)19-9-5-3-8(15)4-6-9/h5-12H,1-4H3,(H2,30,31,32,33);3-9H,17H2,1-2H3;3-7H,1-2H3,(H2,19,20,21,22). The second-order valence-corrected chi connectivity index (χ2v) is 20.7. The van der Waals surface area contributed by atoms with E-state index < -0.39 is 46.8 Å². The Morgan fingerprint density at radius 2 is 0.939 bits per heavy atom. The van der Waals surface area contributed by atoms with Crippen LogP contribution in [0.4, 0.5) is 64.6 Å². The van der Waals surface area contributed by atoms with Crippen molar-refractivity contribution in [3.05, 3.63) is 138 Å². The summed E-state index contributed by atoms with van der Waals surface area (Å²) in [5, 5.41) is 20.4. The molecule has 82 heavy (non-hydrogen) atoms. The molecule has 4 aromatic heterocycles. The molecule has 0 saturated heterocycles. The molecule has 0 spiro atoms. The van der Waals surface area contributed by atoms with E-state index in [1.54, 1.807) is 82.3 Å². The molecule has 0 saturated carbocycles. The van der Waals surface area contributed by atoms with Gasteiger partial charge in [0.05, 0.1) is 39.5 Å². The fourth-order valence-corrected chi connectivity index (χ4v) is 8.94. The summed E-state index contributed by atoms with van der Waals surface area (Å²) in [4.78, 5) is 43.3. The number of nitrogen functional groups attached to an aromatic ring is 1. The molecule has 6 N–H and O–H groups in total. The summed E-state index contributed by atoms with van der Waals surface area (Å²) in [6.07, 6.45) is -6.06. The molecule has 4 heterocycles. The topological polar surface area (TPSA) is 249 Å². The average molecular weight is 1190 g/mol. The first kappa shape index (κ1) is 60.9. The zero-order valence-electron chi connectivity index (χ0n) is 44.5. The van der Waals surface area contributed by atoms with Gasteiger partial charge in [0.2, 0.25) is 0 Å². The van der Waals surface area contributed by atoms with Crippen molar-refractivity contribution in [2.24, 2.45) is 0 Å². The molecule has 19 nitrogen and oxygen atoms in total. The van der Waals surface area contributed by atoms with Gasteiger partial charge in [-0.2, -0.15) is 26.3 Å². The van der Waals surface area contributed by atoms with E-state index in [9.17, 15) is 35.9 Å². The molecule has 9 rings (SSSR count). The third-order valence-electron chi connectivity index (χ3n) is 11.8. The Balaban J connectivity index is 0.000000187. The number of methoxy groups -OCH3 is 4. The molecule has 0 aliphatic heterocycles. The number of fused-ring (bicyclic) bond motifs is 2. The number of amides is 4. The van der Waals surface area contributed by atoms with Crippen LogP contribution in [0.15, 0.2) is 151 Å². The van der Waals surface area contributed by atoms with Crippen LogP contribution in [-0.4, -0.2) is 83.1 Å². The van der Waals surface area contributed by atoms with E-state index in [4.69, 9.17) is 45.3 Å². The van der Waals surface area contributed by atoms with Crippen LogP contribution >= 0.6 is 35.1 Å². The van der Waals surface area contributed by atoms with Crippen molar-refractivity contribution in [2.45, 2.75) is 70.7 Å². The summed E-state index contributed by atoms with van der Waals surface area (Å²) >= 11 is 8.60. The van der Waals surface area contributed by atoms with Gasteiger partial charge in [-0.25, -0.2) is 29.5 Å². The highest BCUT2D eigenvalue weighted by Gasteiger charge is 2.52. The van der Waals surface area contributed by atoms with Gasteiger partial charge in [0.25, 0.3) is 0 Å². The van der Waals surface area contributed by atoms with Gasteiger partial charge in [0, 0.05) is 66.9 Å². The van der Waals surface area contributed by atoms with Crippen LogP contribution in [0.25, 0.3) is 21.8 Å². The van der Waals surface area contributed by atoms with Gasteiger partial charge < -0.3 is 44.4 Å². The number of nitrogens with one attached hydrogen (secondary N) is 4. The summed E-state index contributed by atoms with van der Waals surface area (Å²) in [6.45, 7) is 3.86. The number of halogens is 7. The number of nitrogens with two attached hydrogens (primary N) is 1. The molecule has 0 radical (unpaired) electrons. The van der Waals surface area contributed by atoms with Crippen LogP contribution in [0.5, 0.6) is 23.0 Å². The fourth-order valence-electron chi connectivity index (χ4n) is 6.95. The van der Waals surface area contributed by atoms with Gasteiger partial charge in [0.15, 0.2) is 46.2 Å².